The first kappa shape index (κ1) is 27.2. The van der Waals surface area contributed by atoms with E-state index >= 15 is 0 Å². The number of carbonyl (C=O) groups is 2. The number of amides is 1. The zero-order valence-corrected chi connectivity index (χ0v) is 22.4. The molecule has 0 saturated heterocycles. The molecule has 1 heterocycles. The molecule has 3 aromatic carbocycles. The van der Waals surface area contributed by atoms with Gasteiger partial charge >= 0.3 is 5.97 Å². The molecule has 38 heavy (non-hydrogen) atoms. The van der Waals surface area contributed by atoms with Crippen LogP contribution in [-0.4, -0.2) is 46.6 Å². The number of rotatable bonds is 7. The van der Waals surface area contributed by atoms with E-state index in [4.69, 9.17) is 4.74 Å². The fourth-order valence-corrected chi connectivity index (χ4v) is 6.25. The zero-order chi connectivity index (χ0) is 27.7. The van der Waals surface area contributed by atoms with E-state index in [1.54, 1.807) is 0 Å². The Morgan fingerprint density at radius 1 is 1.00 bits per heavy atom. The normalized spacial score (nSPS) is 12.4. The number of carbonyl (C=O) groups excluding carboxylic acids is 2. The molecule has 0 unspecified atom stereocenters. The predicted octanol–water partition coefficient (Wildman–Crippen LogP) is 2.96. The van der Waals surface area contributed by atoms with Crippen molar-refractivity contribution < 1.29 is 35.6 Å². The number of nitrogens with one attached hydrogen (secondary N) is 1. The van der Waals surface area contributed by atoms with E-state index in [2.05, 4.69) is 9.71 Å². The average molecular weight is 578 g/mol. The van der Waals surface area contributed by atoms with Crippen LogP contribution in [0.2, 0.25) is 0 Å². The molecular formula is C24H20FN3O7S3. The molecule has 0 fully saturated rings. The van der Waals surface area contributed by atoms with Gasteiger partial charge in [0.2, 0.25) is 0 Å². The highest BCUT2D eigenvalue weighted by Crippen LogP contribution is 2.23. The largest absolute Gasteiger partial charge is 0.468 e. The lowest BCUT2D eigenvalue weighted by Crippen LogP contribution is -2.22. The Morgan fingerprint density at radius 3 is 2.34 bits per heavy atom. The van der Waals surface area contributed by atoms with Crippen LogP contribution in [0, 0.1) is 5.82 Å². The second-order valence-electron chi connectivity index (χ2n) is 8.01. The summed E-state index contributed by atoms with van der Waals surface area (Å²) in [5.74, 6) is -1.93. The molecule has 1 aromatic heterocycles. The van der Waals surface area contributed by atoms with Crippen LogP contribution in [0.4, 0.5) is 10.1 Å². The number of methoxy groups -OCH3 is 1. The highest BCUT2D eigenvalue weighted by atomic mass is 32.2. The summed E-state index contributed by atoms with van der Waals surface area (Å²) in [6.07, 6.45) is 1.07. The minimum Gasteiger partial charge on any atom is -0.468 e. The van der Waals surface area contributed by atoms with Crippen molar-refractivity contribution in [3.63, 3.8) is 0 Å². The third kappa shape index (κ3) is 5.98. The van der Waals surface area contributed by atoms with Gasteiger partial charge in [-0.05, 0) is 60.7 Å². The smallest absolute Gasteiger partial charge is 0.325 e. The number of thiazole rings is 1. The Balaban J connectivity index is 1.72. The molecule has 0 saturated carbocycles. The maximum Gasteiger partial charge on any atom is 0.325 e. The number of nitrogens with zero attached hydrogens (tertiary/aromatic N) is 2. The first-order valence-electron chi connectivity index (χ1n) is 10.8. The van der Waals surface area contributed by atoms with E-state index in [1.165, 1.54) is 54.1 Å². The van der Waals surface area contributed by atoms with Crippen molar-refractivity contribution in [3.05, 3.63) is 82.9 Å². The first-order chi connectivity index (χ1) is 17.9. The SMILES string of the molecule is COC(=O)Cn1c(=NC(=O)c2cccc(NS(=O)(=O)c3ccc(F)cc3)c2)sc2cc(S(C)(=O)=O)ccc21. The fourth-order valence-electron chi connectivity index (χ4n) is 3.41. The minimum absolute atomic E-state index is 0.0446. The van der Waals surface area contributed by atoms with Crippen LogP contribution in [0.3, 0.4) is 0 Å². The summed E-state index contributed by atoms with van der Waals surface area (Å²) in [7, 11) is -6.34. The predicted molar refractivity (Wildman–Crippen MR) is 138 cm³/mol. The van der Waals surface area contributed by atoms with E-state index in [-0.39, 0.29) is 32.4 Å². The van der Waals surface area contributed by atoms with Crippen LogP contribution in [0.1, 0.15) is 10.4 Å². The van der Waals surface area contributed by atoms with Gasteiger partial charge in [0.15, 0.2) is 14.6 Å². The van der Waals surface area contributed by atoms with Crippen molar-refractivity contribution in [1.82, 2.24) is 4.57 Å². The molecule has 0 spiro atoms. The standard InChI is InChI=1S/C24H20FN3O7S3/c1-35-22(29)14-28-20-11-10-19(37(2,31)32)13-21(20)36-24(28)26-23(30)15-4-3-5-17(12-15)27-38(33,34)18-8-6-16(25)7-9-18/h3-13,27H,14H2,1-2H3. The summed E-state index contributed by atoms with van der Waals surface area (Å²) in [6.45, 7) is -0.279. The number of hydrogen-bond acceptors (Lipinski definition) is 8. The van der Waals surface area contributed by atoms with Crippen molar-refractivity contribution in [2.45, 2.75) is 16.3 Å². The average Bonchev–Trinajstić information content (AvgIpc) is 3.19. The quantitative estimate of drug-likeness (QED) is 0.333. The van der Waals surface area contributed by atoms with Gasteiger partial charge in [0.25, 0.3) is 15.9 Å². The number of sulfonamides is 1. The Labute approximate surface area is 221 Å². The van der Waals surface area contributed by atoms with Crippen molar-refractivity contribution in [2.24, 2.45) is 4.99 Å². The number of benzene rings is 3. The van der Waals surface area contributed by atoms with Crippen molar-refractivity contribution >= 4 is 59.0 Å². The molecule has 14 heteroatoms. The third-order valence-electron chi connectivity index (χ3n) is 5.28. The molecular weight excluding hydrogens is 557 g/mol. The van der Waals surface area contributed by atoms with Crippen LogP contribution in [0.5, 0.6) is 0 Å². The molecule has 0 atom stereocenters. The number of anilines is 1. The number of halogens is 1. The Hall–Kier alpha value is -3.88. The fraction of sp³-hybridized carbons (Fsp3) is 0.125. The van der Waals surface area contributed by atoms with E-state index < -0.39 is 37.6 Å². The van der Waals surface area contributed by atoms with Crippen molar-refractivity contribution in [1.29, 1.82) is 0 Å². The molecule has 0 bridgehead atoms. The number of hydrogen-bond donors (Lipinski definition) is 1. The summed E-state index contributed by atoms with van der Waals surface area (Å²) in [5.41, 5.74) is 0.593. The van der Waals surface area contributed by atoms with Crippen LogP contribution in [-0.2, 0) is 35.9 Å². The van der Waals surface area contributed by atoms with Gasteiger partial charge in [-0.2, -0.15) is 4.99 Å². The maximum atomic E-state index is 13.2. The molecule has 4 rings (SSSR count). The van der Waals surface area contributed by atoms with Crippen LogP contribution >= 0.6 is 11.3 Å². The van der Waals surface area contributed by atoms with E-state index in [9.17, 15) is 30.8 Å². The number of ether oxygens (including phenoxy) is 1. The molecule has 0 aliphatic carbocycles. The lowest BCUT2D eigenvalue weighted by Gasteiger charge is -2.09. The zero-order valence-electron chi connectivity index (χ0n) is 19.9. The number of esters is 1. The maximum absolute atomic E-state index is 13.2. The van der Waals surface area contributed by atoms with Gasteiger partial charge in [-0.25, -0.2) is 21.2 Å². The topological polar surface area (TPSA) is 141 Å². The van der Waals surface area contributed by atoms with Crippen LogP contribution < -0.4 is 9.52 Å². The Morgan fingerprint density at radius 2 is 1.68 bits per heavy atom. The molecule has 0 aliphatic heterocycles. The molecule has 10 nitrogen and oxygen atoms in total. The van der Waals surface area contributed by atoms with Crippen molar-refractivity contribution in [2.75, 3.05) is 18.1 Å². The highest BCUT2D eigenvalue weighted by Gasteiger charge is 2.17. The molecule has 1 amide bonds. The molecule has 1 N–H and O–H groups in total. The van der Waals surface area contributed by atoms with E-state index in [1.807, 2.05) is 0 Å². The summed E-state index contributed by atoms with van der Waals surface area (Å²) >= 11 is 1.00. The van der Waals surface area contributed by atoms with E-state index in [0.717, 1.165) is 41.9 Å². The van der Waals surface area contributed by atoms with Gasteiger partial charge in [0.1, 0.15) is 12.4 Å². The molecule has 0 aliphatic rings. The summed E-state index contributed by atoms with van der Waals surface area (Å²) < 4.78 is 71.3. The molecule has 0 radical (unpaired) electrons. The van der Waals surface area contributed by atoms with Crippen LogP contribution in [0.15, 0.2) is 81.5 Å². The second kappa shape index (κ2) is 10.5. The highest BCUT2D eigenvalue weighted by molar-refractivity contribution is 7.92. The Bertz CT molecular complexity index is 1840. The van der Waals surface area contributed by atoms with Crippen molar-refractivity contribution in [3.8, 4) is 0 Å². The lowest BCUT2D eigenvalue weighted by molar-refractivity contribution is -0.141. The van der Waals surface area contributed by atoms with Gasteiger partial charge < -0.3 is 9.30 Å². The number of sulfone groups is 1. The van der Waals surface area contributed by atoms with E-state index in [0.29, 0.717) is 10.2 Å². The van der Waals surface area contributed by atoms with Crippen LogP contribution in [0.25, 0.3) is 10.2 Å². The van der Waals surface area contributed by atoms with Gasteiger partial charge in [0.05, 0.1) is 27.1 Å². The minimum atomic E-state index is -4.05. The number of fused-ring (bicyclic) bond motifs is 1. The third-order valence-corrected chi connectivity index (χ3v) is 8.83. The van der Waals surface area contributed by atoms with Gasteiger partial charge in [-0.1, -0.05) is 17.4 Å². The summed E-state index contributed by atoms with van der Waals surface area (Å²) in [6, 6.07) is 14.2. The lowest BCUT2D eigenvalue weighted by atomic mass is 10.2. The monoisotopic (exact) mass is 577 g/mol. The summed E-state index contributed by atoms with van der Waals surface area (Å²) in [4.78, 5) is 29.2. The Kier molecular flexibility index (Phi) is 7.49. The van der Waals surface area contributed by atoms with Gasteiger partial charge in [-0.3, -0.25) is 14.3 Å². The first-order valence-corrected chi connectivity index (χ1v) is 14.9. The summed E-state index contributed by atoms with van der Waals surface area (Å²) in [5, 5.41) is 0. The number of aromatic nitrogens is 1. The molecule has 198 valence electrons. The molecule has 4 aromatic rings. The van der Waals surface area contributed by atoms with Gasteiger partial charge in [-0.15, -0.1) is 0 Å². The van der Waals surface area contributed by atoms with Gasteiger partial charge in [0, 0.05) is 17.5 Å². The second-order valence-corrected chi connectivity index (χ2v) is 12.7.